The molecule has 1 rings (SSSR count). The summed E-state index contributed by atoms with van der Waals surface area (Å²) in [5, 5.41) is 0. The molecule has 0 atom stereocenters. The van der Waals surface area contributed by atoms with Gasteiger partial charge in [-0.3, -0.25) is 0 Å². The van der Waals surface area contributed by atoms with Crippen LogP contribution in [0.3, 0.4) is 0 Å². The molecule has 0 bridgehead atoms. The molecule has 1 aromatic carbocycles. The number of halogens is 2. The summed E-state index contributed by atoms with van der Waals surface area (Å²) in [6.07, 6.45) is 0. The van der Waals surface area contributed by atoms with Crippen LogP contribution in [0.5, 0.6) is 0 Å². The van der Waals surface area contributed by atoms with Crippen LogP contribution in [0.4, 0.5) is 14.5 Å². The average molecular weight is 159 g/mol. The summed E-state index contributed by atoms with van der Waals surface area (Å²) in [6, 6.07) is 3.68. The molecule has 0 saturated heterocycles. The molecule has 0 aromatic heterocycles. The van der Waals surface area contributed by atoms with Gasteiger partial charge in [0.1, 0.15) is 0 Å². The van der Waals surface area contributed by atoms with Crippen molar-refractivity contribution in [1.82, 2.24) is 0 Å². The summed E-state index contributed by atoms with van der Waals surface area (Å²) in [5.41, 5.74) is 4.85. The van der Waals surface area contributed by atoms with Crippen molar-refractivity contribution in [2.45, 2.75) is 13.8 Å². The fourth-order valence-corrected chi connectivity index (χ4v) is 0.520. The first-order chi connectivity index (χ1) is 5.22. The van der Waals surface area contributed by atoms with Crippen molar-refractivity contribution in [2.75, 3.05) is 5.73 Å². The molecular formula is C8H11F2N. The van der Waals surface area contributed by atoms with Crippen molar-refractivity contribution < 1.29 is 8.78 Å². The molecule has 0 unspecified atom stereocenters. The maximum absolute atomic E-state index is 12.2. The zero-order valence-electron chi connectivity index (χ0n) is 6.57. The molecule has 0 saturated carbocycles. The van der Waals surface area contributed by atoms with Crippen LogP contribution in [0, 0.1) is 11.6 Å². The second kappa shape index (κ2) is 4.66. The largest absolute Gasteiger partial charge is 0.396 e. The molecule has 2 N–H and O–H groups in total. The summed E-state index contributed by atoms with van der Waals surface area (Å²) in [7, 11) is 0. The van der Waals surface area contributed by atoms with E-state index in [2.05, 4.69) is 0 Å². The Morgan fingerprint density at radius 2 is 1.73 bits per heavy atom. The zero-order valence-corrected chi connectivity index (χ0v) is 6.57. The quantitative estimate of drug-likeness (QED) is 0.578. The lowest BCUT2D eigenvalue weighted by atomic mass is 10.3. The number of anilines is 1. The third kappa shape index (κ3) is 2.53. The van der Waals surface area contributed by atoms with Crippen LogP contribution in [0.1, 0.15) is 13.8 Å². The molecule has 0 radical (unpaired) electrons. The van der Waals surface area contributed by atoms with Gasteiger partial charge in [-0.15, -0.1) is 0 Å². The molecule has 1 aromatic rings. The number of benzene rings is 1. The summed E-state index contributed by atoms with van der Waals surface area (Å²) in [5.74, 6) is -1.88. The Bertz CT molecular complexity index is 203. The van der Waals surface area contributed by atoms with Gasteiger partial charge in [-0.25, -0.2) is 8.78 Å². The van der Waals surface area contributed by atoms with Crippen molar-refractivity contribution in [2.24, 2.45) is 0 Å². The summed E-state index contributed by atoms with van der Waals surface area (Å²) in [4.78, 5) is 0. The van der Waals surface area contributed by atoms with Crippen LogP contribution in [-0.2, 0) is 0 Å². The van der Waals surface area contributed by atoms with Gasteiger partial charge in [-0.2, -0.15) is 0 Å². The van der Waals surface area contributed by atoms with E-state index < -0.39 is 11.6 Å². The number of nitrogen functional groups attached to an aromatic ring is 1. The Morgan fingerprint density at radius 3 is 2.09 bits per heavy atom. The van der Waals surface area contributed by atoms with Crippen LogP contribution in [-0.4, -0.2) is 0 Å². The van der Waals surface area contributed by atoms with Gasteiger partial charge in [-0.05, 0) is 12.1 Å². The molecule has 0 aliphatic rings. The lowest BCUT2D eigenvalue weighted by Gasteiger charge is -1.93. The second-order valence-corrected chi connectivity index (χ2v) is 1.64. The van der Waals surface area contributed by atoms with Crippen LogP contribution in [0.25, 0.3) is 0 Å². The Labute approximate surface area is 64.8 Å². The minimum atomic E-state index is -0.975. The van der Waals surface area contributed by atoms with Gasteiger partial charge >= 0.3 is 0 Å². The van der Waals surface area contributed by atoms with Gasteiger partial charge in [-0.1, -0.05) is 19.9 Å². The fourth-order valence-electron chi connectivity index (χ4n) is 0.520. The van der Waals surface area contributed by atoms with E-state index in [0.717, 1.165) is 6.07 Å². The highest BCUT2D eigenvalue weighted by molar-refractivity contribution is 5.39. The first-order valence-electron chi connectivity index (χ1n) is 3.41. The van der Waals surface area contributed by atoms with Gasteiger partial charge in [0.25, 0.3) is 0 Å². The zero-order chi connectivity index (χ0) is 8.85. The van der Waals surface area contributed by atoms with E-state index in [1.54, 1.807) is 0 Å². The van der Waals surface area contributed by atoms with E-state index in [1.165, 1.54) is 12.1 Å². The van der Waals surface area contributed by atoms with Gasteiger partial charge in [0, 0.05) is 0 Å². The molecule has 11 heavy (non-hydrogen) atoms. The van der Waals surface area contributed by atoms with Gasteiger partial charge < -0.3 is 5.73 Å². The van der Waals surface area contributed by atoms with Gasteiger partial charge in [0.2, 0.25) is 0 Å². The highest BCUT2D eigenvalue weighted by Crippen LogP contribution is 2.11. The number of rotatable bonds is 0. The first kappa shape index (κ1) is 9.88. The Morgan fingerprint density at radius 1 is 1.18 bits per heavy atom. The van der Waals surface area contributed by atoms with E-state index in [0.29, 0.717) is 0 Å². The smallest absolute Gasteiger partial charge is 0.181 e. The SMILES string of the molecule is CC.Nc1cccc(F)c1F. The van der Waals surface area contributed by atoms with E-state index >= 15 is 0 Å². The minimum absolute atomic E-state index is 0.157. The maximum Gasteiger partial charge on any atom is 0.181 e. The number of hydrogen-bond donors (Lipinski definition) is 1. The number of hydrogen-bond acceptors (Lipinski definition) is 1. The monoisotopic (exact) mass is 159 g/mol. The molecule has 0 amide bonds. The van der Waals surface area contributed by atoms with Crippen molar-refractivity contribution in [3.8, 4) is 0 Å². The van der Waals surface area contributed by atoms with Gasteiger partial charge in [0.15, 0.2) is 11.6 Å². The van der Waals surface area contributed by atoms with Crippen LogP contribution in [0.15, 0.2) is 18.2 Å². The maximum atomic E-state index is 12.2. The lowest BCUT2D eigenvalue weighted by Crippen LogP contribution is -1.92. The Kier molecular flexibility index (Phi) is 4.18. The molecule has 0 aliphatic carbocycles. The topological polar surface area (TPSA) is 26.0 Å². The van der Waals surface area contributed by atoms with E-state index in [4.69, 9.17) is 5.73 Å². The normalized spacial score (nSPS) is 8.36. The fraction of sp³-hybridized carbons (Fsp3) is 0.250. The molecule has 0 heterocycles. The van der Waals surface area contributed by atoms with E-state index in [-0.39, 0.29) is 5.69 Å². The number of nitrogens with two attached hydrogens (primary N) is 1. The third-order valence-electron chi connectivity index (χ3n) is 0.981. The minimum Gasteiger partial charge on any atom is -0.396 e. The molecule has 0 aliphatic heterocycles. The predicted molar refractivity (Wildman–Crippen MR) is 42.1 cm³/mol. The predicted octanol–water partition coefficient (Wildman–Crippen LogP) is 2.57. The van der Waals surface area contributed by atoms with Crippen LogP contribution >= 0.6 is 0 Å². The van der Waals surface area contributed by atoms with Crippen molar-refractivity contribution in [3.63, 3.8) is 0 Å². The Balaban J connectivity index is 0.000000461. The van der Waals surface area contributed by atoms with Crippen molar-refractivity contribution in [3.05, 3.63) is 29.8 Å². The van der Waals surface area contributed by atoms with Crippen LogP contribution in [0.2, 0.25) is 0 Å². The summed E-state index contributed by atoms with van der Waals surface area (Å²) < 4.78 is 24.4. The first-order valence-corrected chi connectivity index (χ1v) is 3.41. The molecule has 0 spiro atoms. The summed E-state index contributed by atoms with van der Waals surface area (Å²) in [6.45, 7) is 4.00. The second-order valence-electron chi connectivity index (χ2n) is 1.64. The highest BCUT2D eigenvalue weighted by atomic mass is 19.2. The van der Waals surface area contributed by atoms with E-state index in [9.17, 15) is 8.78 Å². The highest BCUT2D eigenvalue weighted by Gasteiger charge is 2.01. The molecule has 0 fully saturated rings. The lowest BCUT2D eigenvalue weighted by molar-refractivity contribution is 0.512. The Hall–Kier alpha value is -1.12. The average Bonchev–Trinajstić information content (AvgIpc) is 2.04. The van der Waals surface area contributed by atoms with Gasteiger partial charge in [0.05, 0.1) is 5.69 Å². The van der Waals surface area contributed by atoms with E-state index in [1.807, 2.05) is 13.8 Å². The van der Waals surface area contributed by atoms with Crippen LogP contribution < -0.4 is 5.73 Å². The standard InChI is InChI=1S/C6H5F2N.C2H6/c7-4-2-1-3-5(9)6(4)8;1-2/h1-3H,9H2;1-2H3. The molecule has 3 heteroatoms. The molecule has 1 nitrogen and oxygen atoms in total. The van der Waals surface area contributed by atoms with Crippen molar-refractivity contribution >= 4 is 5.69 Å². The third-order valence-corrected chi connectivity index (χ3v) is 0.981. The summed E-state index contributed by atoms with van der Waals surface area (Å²) >= 11 is 0. The molecular weight excluding hydrogens is 148 g/mol. The van der Waals surface area contributed by atoms with Crippen molar-refractivity contribution in [1.29, 1.82) is 0 Å². The molecule has 62 valence electrons.